The third-order valence-electron chi connectivity index (χ3n) is 1.74. The molecule has 0 aromatic heterocycles. The molecule has 0 spiro atoms. The smallest absolute Gasteiger partial charge is 0.876 e. The monoisotopic (exact) mass is 152 g/mol. The molecule has 1 unspecified atom stereocenters. The first-order valence-corrected chi connectivity index (χ1v) is 3.50. The minimum absolute atomic E-state index is 0. The molecular weight excluding hydrogens is 145 g/mol. The zero-order chi connectivity index (χ0) is 7.68. The Kier molecular flexibility index (Phi) is 2.86. The molecule has 1 aliphatic heterocycles. The molecule has 0 radical (unpaired) electrons. The van der Waals surface area contributed by atoms with E-state index in [0.29, 0.717) is 0 Å². The topological polar surface area (TPSA) is 37.2 Å². The summed E-state index contributed by atoms with van der Waals surface area (Å²) in [5, 5.41) is 15.2. The van der Waals surface area contributed by atoms with Crippen molar-refractivity contribution in [2.45, 2.75) is 6.04 Å². The maximum atomic E-state index is 11.2. The molecule has 2 rings (SSSR count). The SMILES string of the molecule is [Li+].[O-]C1=CC=CC2=CC=C[N-]C12. The average molecular weight is 152 g/mol. The fraction of sp³-hybridized carbons (Fsp3) is 0.111. The van der Waals surface area contributed by atoms with Crippen LogP contribution in [0.4, 0.5) is 0 Å². The number of rotatable bonds is 0. The second-order valence-electron chi connectivity index (χ2n) is 2.49. The third-order valence-corrected chi connectivity index (χ3v) is 1.74. The molecule has 0 saturated heterocycles. The van der Waals surface area contributed by atoms with Crippen LogP contribution in [-0.2, 0) is 0 Å². The summed E-state index contributed by atoms with van der Waals surface area (Å²) in [7, 11) is 0. The maximum Gasteiger partial charge on any atom is 1.00 e. The minimum atomic E-state index is -0.259. The van der Waals surface area contributed by atoms with Gasteiger partial charge in [0.2, 0.25) is 0 Å². The van der Waals surface area contributed by atoms with E-state index in [1.165, 1.54) is 0 Å². The van der Waals surface area contributed by atoms with Gasteiger partial charge in [0.15, 0.2) is 0 Å². The normalized spacial score (nSPS) is 24.5. The number of fused-ring (bicyclic) bond motifs is 1. The Morgan fingerprint density at radius 1 is 1.25 bits per heavy atom. The summed E-state index contributed by atoms with van der Waals surface area (Å²) in [6.45, 7) is 0. The molecule has 0 bridgehead atoms. The van der Waals surface area contributed by atoms with Gasteiger partial charge in [0.25, 0.3) is 0 Å². The Morgan fingerprint density at radius 2 is 2.08 bits per heavy atom. The largest absolute Gasteiger partial charge is 1.00 e. The van der Waals surface area contributed by atoms with E-state index in [-0.39, 0.29) is 30.7 Å². The fourth-order valence-electron chi connectivity index (χ4n) is 1.20. The van der Waals surface area contributed by atoms with E-state index in [0.717, 1.165) is 5.57 Å². The van der Waals surface area contributed by atoms with Crippen LogP contribution in [0.5, 0.6) is 0 Å². The first-order chi connectivity index (χ1) is 5.38. The van der Waals surface area contributed by atoms with Gasteiger partial charge in [-0.3, -0.25) is 0 Å². The first kappa shape index (κ1) is 9.25. The molecule has 1 aliphatic carbocycles. The first-order valence-electron chi connectivity index (χ1n) is 3.50. The van der Waals surface area contributed by atoms with Crippen molar-refractivity contribution in [3.8, 4) is 0 Å². The maximum absolute atomic E-state index is 11.2. The molecule has 2 nitrogen and oxygen atoms in total. The van der Waals surface area contributed by atoms with Crippen LogP contribution in [0.15, 0.2) is 47.9 Å². The third kappa shape index (κ3) is 1.50. The van der Waals surface area contributed by atoms with Gasteiger partial charge in [-0.25, -0.2) is 0 Å². The van der Waals surface area contributed by atoms with E-state index in [2.05, 4.69) is 5.32 Å². The molecule has 3 heteroatoms. The van der Waals surface area contributed by atoms with Crippen molar-refractivity contribution in [3.63, 3.8) is 0 Å². The predicted molar refractivity (Wildman–Crippen MR) is 41.6 cm³/mol. The van der Waals surface area contributed by atoms with Gasteiger partial charge < -0.3 is 10.4 Å². The van der Waals surface area contributed by atoms with Crippen molar-refractivity contribution in [2.24, 2.45) is 0 Å². The summed E-state index contributed by atoms with van der Waals surface area (Å²) >= 11 is 0. The molecule has 0 fully saturated rings. The van der Waals surface area contributed by atoms with E-state index in [4.69, 9.17) is 0 Å². The molecule has 0 N–H and O–H groups in total. The molecule has 1 atom stereocenters. The van der Waals surface area contributed by atoms with Crippen LogP contribution in [0, 0.1) is 0 Å². The minimum Gasteiger partial charge on any atom is -0.876 e. The second kappa shape index (κ2) is 3.71. The van der Waals surface area contributed by atoms with Crippen LogP contribution < -0.4 is 24.0 Å². The fourth-order valence-corrected chi connectivity index (χ4v) is 1.20. The summed E-state index contributed by atoms with van der Waals surface area (Å²) in [6, 6.07) is -0.259. The Hall–Kier alpha value is -0.843. The van der Waals surface area contributed by atoms with Crippen molar-refractivity contribution >= 4 is 0 Å². The molecular formula is C9H7LiNO-. The zero-order valence-electron chi connectivity index (χ0n) is 6.90. The zero-order valence-corrected chi connectivity index (χ0v) is 6.90. The summed E-state index contributed by atoms with van der Waals surface area (Å²) in [4.78, 5) is 0. The molecule has 56 valence electrons. The van der Waals surface area contributed by atoms with Gasteiger partial charge in [0.05, 0.1) is 0 Å². The summed E-state index contributed by atoms with van der Waals surface area (Å²) in [5.41, 5.74) is 0.986. The van der Waals surface area contributed by atoms with Crippen molar-refractivity contribution < 1.29 is 24.0 Å². The van der Waals surface area contributed by atoms with Gasteiger partial charge in [0.1, 0.15) is 0 Å². The average Bonchev–Trinajstić information content (AvgIpc) is 2.06. The molecule has 12 heavy (non-hydrogen) atoms. The Labute approximate surface area is 83.5 Å². The van der Waals surface area contributed by atoms with Gasteiger partial charge >= 0.3 is 18.9 Å². The van der Waals surface area contributed by atoms with Gasteiger partial charge in [-0.05, 0) is 0 Å². The van der Waals surface area contributed by atoms with Crippen LogP contribution in [-0.4, -0.2) is 6.04 Å². The summed E-state index contributed by atoms with van der Waals surface area (Å²) < 4.78 is 0. The van der Waals surface area contributed by atoms with Gasteiger partial charge in [-0.1, -0.05) is 42.0 Å². The molecule has 0 aromatic carbocycles. The number of hydrogen-bond acceptors (Lipinski definition) is 1. The molecule has 1 heterocycles. The van der Waals surface area contributed by atoms with Gasteiger partial charge in [-0.15, -0.1) is 5.76 Å². The second-order valence-corrected chi connectivity index (χ2v) is 2.49. The quantitative estimate of drug-likeness (QED) is 0.370. The van der Waals surface area contributed by atoms with Crippen LogP contribution in [0.1, 0.15) is 0 Å². The number of hydrogen-bond donors (Lipinski definition) is 0. The van der Waals surface area contributed by atoms with Gasteiger partial charge in [0, 0.05) is 0 Å². The Balaban J connectivity index is 0.000000720. The van der Waals surface area contributed by atoms with Gasteiger partial charge in [-0.2, -0.15) is 6.20 Å². The molecule has 0 saturated carbocycles. The van der Waals surface area contributed by atoms with E-state index in [1.54, 1.807) is 18.4 Å². The predicted octanol–water partition coefficient (Wildman–Crippen LogP) is -2.00. The van der Waals surface area contributed by atoms with Crippen LogP contribution in [0.3, 0.4) is 0 Å². The van der Waals surface area contributed by atoms with E-state index in [9.17, 15) is 5.11 Å². The van der Waals surface area contributed by atoms with Crippen LogP contribution in [0.2, 0.25) is 0 Å². The van der Waals surface area contributed by atoms with E-state index < -0.39 is 0 Å². The van der Waals surface area contributed by atoms with Crippen molar-refractivity contribution in [1.82, 2.24) is 0 Å². The number of nitrogens with zero attached hydrogens (tertiary/aromatic N) is 1. The standard InChI is InChI=1S/C9H8NO.Li/c11-8-5-1-3-7-4-2-6-10-9(7)8;/h1-6,9,11H;/q-1;+1/p-1. The van der Waals surface area contributed by atoms with Crippen molar-refractivity contribution in [2.75, 3.05) is 0 Å². The van der Waals surface area contributed by atoms with Crippen molar-refractivity contribution in [1.29, 1.82) is 0 Å². The van der Waals surface area contributed by atoms with Crippen LogP contribution in [0.25, 0.3) is 5.32 Å². The number of allylic oxidation sites excluding steroid dienone is 4. The summed E-state index contributed by atoms with van der Waals surface area (Å²) in [5.74, 6) is 0.0723. The van der Waals surface area contributed by atoms with Crippen LogP contribution >= 0.6 is 0 Å². The Bertz CT molecular complexity index is 289. The molecule has 0 aromatic rings. The van der Waals surface area contributed by atoms with Crippen molar-refractivity contribution in [3.05, 3.63) is 53.2 Å². The summed E-state index contributed by atoms with van der Waals surface area (Å²) in [6.07, 6.45) is 10.7. The van der Waals surface area contributed by atoms with E-state index in [1.807, 2.05) is 18.2 Å². The Morgan fingerprint density at radius 3 is 2.83 bits per heavy atom. The molecule has 2 aliphatic rings. The van der Waals surface area contributed by atoms with E-state index >= 15 is 0 Å². The molecule has 0 amide bonds.